The largest absolute Gasteiger partial charge is 0.459 e. The summed E-state index contributed by atoms with van der Waals surface area (Å²) in [5, 5.41) is 12.2. The second-order valence-electron chi connectivity index (χ2n) is 4.97. The van der Waals surface area contributed by atoms with E-state index in [1.165, 1.54) is 6.26 Å². The molecule has 2 amide bonds. The minimum absolute atomic E-state index is 0.0380. The van der Waals surface area contributed by atoms with Crippen LogP contribution in [0.3, 0.4) is 0 Å². The lowest BCUT2D eigenvalue weighted by Crippen LogP contribution is -2.42. The van der Waals surface area contributed by atoms with Crippen LogP contribution in [0.5, 0.6) is 0 Å². The third-order valence-electron chi connectivity index (χ3n) is 3.35. The number of hydrogen-bond acceptors (Lipinski definition) is 4. The van der Waals surface area contributed by atoms with Crippen molar-refractivity contribution in [3.63, 3.8) is 0 Å². The van der Waals surface area contributed by atoms with Crippen LogP contribution in [-0.2, 0) is 4.79 Å². The third-order valence-corrected chi connectivity index (χ3v) is 3.35. The SMILES string of the molecule is O=C(NCCCC(=O)N1CCC[C@H](O)C1)c1ccco1. The Morgan fingerprint density at radius 1 is 1.50 bits per heavy atom. The van der Waals surface area contributed by atoms with Gasteiger partial charge in [0.2, 0.25) is 5.91 Å². The number of carbonyl (C=O) groups excluding carboxylic acids is 2. The molecule has 0 bridgehead atoms. The molecule has 0 aliphatic carbocycles. The molecule has 0 spiro atoms. The first-order chi connectivity index (χ1) is 9.66. The van der Waals surface area contributed by atoms with Crippen molar-refractivity contribution in [2.45, 2.75) is 31.8 Å². The predicted octanol–water partition coefficient (Wildman–Crippen LogP) is 0.773. The number of rotatable bonds is 5. The van der Waals surface area contributed by atoms with Crippen molar-refractivity contribution >= 4 is 11.8 Å². The Morgan fingerprint density at radius 2 is 2.35 bits per heavy atom. The predicted molar refractivity (Wildman–Crippen MR) is 72.1 cm³/mol. The van der Waals surface area contributed by atoms with Crippen molar-refractivity contribution in [3.05, 3.63) is 24.2 Å². The molecule has 1 aliphatic heterocycles. The number of nitrogens with one attached hydrogen (secondary N) is 1. The maximum absolute atomic E-state index is 11.9. The first kappa shape index (κ1) is 14.6. The fraction of sp³-hybridized carbons (Fsp3) is 0.571. The minimum atomic E-state index is -0.397. The standard InChI is InChI=1S/C14H20N2O4/c17-11-4-2-8-16(10-11)13(18)6-1-7-15-14(19)12-5-3-9-20-12/h3,5,9,11,17H,1-2,4,6-8,10H2,(H,15,19)/t11-/m0/s1. The molecule has 110 valence electrons. The molecule has 6 heteroatoms. The molecule has 1 fully saturated rings. The van der Waals surface area contributed by atoms with Crippen LogP contribution in [0, 0.1) is 0 Å². The monoisotopic (exact) mass is 280 g/mol. The Labute approximate surface area is 117 Å². The molecule has 0 radical (unpaired) electrons. The average molecular weight is 280 g/mol. The molecule has 2 rings (SSSR count). The van der Waals surface area contributed by atoms with E-state index in [4.69, 9.17) is 4.42 Å². The molecule has 1 atom stereocenters. The molecular weight excluding hydrogens is 260 g/mol. The molecule has 20 heavy (non-hydrogen) atoms. The van der Waals surface area contributed by atoms with E-state index in [2.05, 4.69) is 5.32 Å². The second-order valence-corrected chi connectivity index (χ2v) is 4.97. The molecule has 6 nitrogen and oxygen atoms in total. The van der Waals surface area contributed by atoms with Gasteiger partial charge in [-0.05, 0) is 31.4 Å². The van der Waals surface area contributed by atoms with Crippen molar-refractivity contribution in [1.29, 1.82) is 0 Å². The van der Waals surface area contributed by atoms with E-state index >= 15 is 0 Å². The summed E-state index contributed by atoms with van der Waals surface area (Å²) in [5.41, 5.74) is 0. The van der Waals surface area contributed by atoms with E-state index in [0.717, 1.165) is 12.8 Å². The van der Waals surface area contributed by atoms with E-state index < -0.39 is 6.10 Å². The summed E-state index contributed by atoms with van der Waals surface area (Å²) in [7, 11) is 0. The Kier molecular flexibility index (Phi) is 5.17. The summed E-state index contributed by atoms with van der Waals surface area (Å²) >= 11 is 0. The van der Waals surface area contributed by atoms with E-state index in [9.17, 15) is 14.7 Å². The summed E-state index contributed by atoms with van der Waals surface area (Å²) in [6.45, 7) is 1.58. The first-order valence-corrected chi connectivity index (χ1v) is 6.94. The van der Waals surface area contributed by atoms with Crippen molar-refractivity contribution in [2.24, 2.45) is 0 Å². The molecule has 1 aliphatic rings. The molecule has 1 aromatic rings. The number of hydrogen-bond donors (Lipinski definition) is 2. The van der Waals surface area contributed by atoms with Gasteiger partial charge in [0.1, 0.15) is 0 Å². The quantitative estimate of drug-likeness (QED) is 0.781. The van der Waals surface area contributed by atoms with Gasteiger partial charge in [-0.25, -0.2) is 0 Å². The van der Waals surface area contributed by atoms with Gasteiger partial charge >= 0.3 is 0 Å². The highest BCUT2D eigenvalue weighted by atomic mass is 16.3. The summed E-state index contributed by atoms with van der Waals surface area (Å²) in [6, 6.07) is 3.25. The Balaban J connectivity index is 1.63. The maximum atomic E-state index is 11.9. The topological polar surface area (TPSA) is 82.8 Å². The highest BCUT2D eigenvalue weighted by molar-refractivity contribution is 5.91. The summed E-state index contributed by atoms with van der Waals surface area (Å²) in [6.07, 6.45) is 3.63. The van der Waals surface area contributed by atoms with Gasteiger partial charge in [-0.1, -0.05) is 0 Å². The van der Waals surface area contributed by atoms with Crippen molar-refractivity contribution in [2.75, 3.05) is 19.6 Å². The lowest BCUT2D eigenvalue weighted by molar-refractivity contribution is -0.134. The molecule has 2 heterocycles. The van der Waals surface area contributed by atoms with Gasteiger partial charge < -0.3 is 19.7 Å². The van der Waals surface area contributed by atoms with Crippen LogP contribution in [0.25, 0.3) is 0 Å². The van der Waals surface area contributed by atoms with Crippen molar-refractivity contribution < 1.29 is 19.1 Å². The number of nitrogens with zero attached hydrogens (tertiary/aromatic N) is 1. The van der Waals surface area contributed by atoms with E-state index in [1.54, 1.807) is 17.0 Å². The summed E-state index contributed by atoms with van der Waals surface area (Å²) in [5.74, 6) is 0.0438. The van der Waals surface area contributed by atoms with Gasteiger partial charge in [0.25, 0.3) is 5.91 Å². The highest BCUT2D eigenvalue weighted by Crippen LogP contribution is 2.11. The van der Waals surface area contributed by atoms with E-state index in [1.807, 2.05) is 0 Å². The van der Waals surface area contributed by atoms with Crippen LogP contribution < -0.4 is 5.32 Å². The highest BCUT2D eigenvalue weighted by Gasteiger charge is 2.21. The number of β-amino-alcohol motifs (C(OH)–C–C–N with tert-alkyl or cyclic N) is 1. The molecule has 0 aromatic carbocycles. The van der Waals surface area contributed by atoms with Gasteiger partial charge in [-0.2, -0.15) is 0 Å². The number of aliphatic hydroxyl groups is 1. The fourth-order valence-corrected chi connectivity index (χ4v) is 2.28. The third kappa shape index (κ3) is 4.09. The second kappa shape index (κ2) is 7.09. The maximum Gasteiger partial charge on any atom is 0.286 e. The zero-order chi connectivity index (χ0) is 14.4. The van der Waals surface area contributed by atoms with Gasteiger partial charge in [-0.3, -0.25) is 9.59 Å². The first-order valence-electron chi connectivity index (χ1n) is 6.94. The lowest BCUT2D eigenvalue weighted by atomic mass is 10.1. The van der Waals surface area contributed by atoms with Crippen LogP contribution in [-0.4, -0.2) is 47.6 Å². The number of furan rings is 1. The number of likely N-dealkylation sites (tertiary alicyclic amines) is 1. The number of carbonyl (C=O) groups is 2. The number of piperidine rings is 1. The fourth-order valence-electron chi connectivity index (χ4n) is 2.28. The van der Waals surface area contributed by atoms with Crippen molar-refractivity contribution in [3.8, 4) is 0 Å². The summed E-state index contributed by atoms with van der Waals surface area (Å²) in [4.78, 5) is 25.2. The molecule has 1 saturated heterocycles. The summed E-state index contributed by atoms with van der Waals surface area (Å²) < 4.78 is 4.97. The van der Waals surface area contributed by atoms with Crippen LogP contribution in [0.4, 0.5) is 0 Å². The smallest absolute Gasteiger partial charge is 0.286 e. The normalized spacial score (nSPS) is 18.9. The van der Waals surface area contributed by atoms with Crippen LogP contribution in [0.15, 0.2) is 22.8 Å². The van der Waals surface area contributed by atoms with Gasteiger partial charge in [0.05, 0.1) is 12.4 Å². The number of amides is 2. The van der Waals surface area contributed by atoms with Gasteiger partial charge in [0.15, 0.2) is 5.76 Å². The zero-order valence-electron chi connectivity index (χ0n) is 11.4. The molecule has 0 unspecified atom stereocenters. The van der Waals surface area contributed by atoms with Gasteiger partial charge in [0, 0.05) is 26.1 Å². The Hall–Kier alpha value is -1.82. The molecular formula is C14H20N2O4. The van der Waals surface area contributed by atoms with Crippen LogP contribution in [0.1, 0.15) is 36.2 Å². The Morgan fingerprint density at radius 3 is 3.05 bits per heavy atom. The zero-order valence-corrected chi connectivity index (χ0v) is 11.4. The minimum Gasteiger partial charge on any atom is -0.459 e. The van der Waals surface area contributed by atoms with Crippen molar-refractivity contribution in [1.82, 2.24) is 10.2 Å². The molecule has 1 aromatic heterocycles. The van der Waals surface area contributed by atoms with E-state index in [-0.39, 0.29) is 17.6 Å². The molecule has 0 saturated carbocycles. The molecule has 2 N–H and O–H groups in total. The lowest BCUT2D eigenvalue weighted by Gasteiger charge is -2.30. The van der Waals surface area contributed by atoms with E-state index in [0.29, 0.717) is 32.5 Å². The Bertz CT molecular complexity index is 444. The van der Waals surface area contributed by atoms with Crippen LogP contribution in [0.2, 0.25) is 0 Å². The van der Waals surface area contributed by atoms with Crippen LogP contribution >= 0.6 is 0 Å². The number of aliphatic hydroxyl groups excluding tert-OH is 1. The van der Waals surface area contributed by atoms with Gasteiger partial charge in [-0.15, -0.1) is 0 Å². The average Bonchev–Trinajstić information content (AvgIpc) is 2.97.